The lowest BCUT2D eigenvalue weighted by Gasteiger charge is -2.37. The number of rotatable bonds is 7. The van der Waals surface area contributed by atoms with E-state index in [2.05, 4.69) is 5.32 Å². The summed E-state index contributed by atoms with van der Waals surface area (Å²) in [6.07, 6.45) is 1.85. The molecule has 2 heterocycles. The number of nitrogens with zero attached hydrogens (tertiary/aromatic N) is 2. The molecular weight excluding hydrogens is 386 g/mol. The Morgan fingerprint density at radius 1 is 1.10 bits per heavy atom. The van der Waals surface area contributed by atoms with Crippen LogP contribution in [0.5, 0.6) is 11.5 Å². The Morgan fingerprint density at radius 3 is 2.40 bits per heavy atom. The standard InChI is InChI=1S/C22H31N3O5/c1-4-19(26)25-11-9-15(10-12-25)20(22(28)24(5-2)6-3)23-21(27)16-7-8-17-18(13-16)30-14-29-17/h7-8,13,15,20H,4-6,9-12,14H2,1-3H3,(H,23,27). The van der Waals surface area contributed by atoms with Gasteiger partial charge in [-0.2, -0.15) is 0 Å². The number of hydrogen-bond acceptors (Lipinski definition) is 5. The monoisotopic (exact) mass is 417 g/mol. The van der Waals surface area contributed by atoms with Crippen molar-refractivity contribution < 1.29 is 23.9 Å². The summed E-state index contributed by atoms with van der Waals surface area (Å²) in [7, 11) is 0. The molecule has 8 heteroatoms. The van der Waals surface area contributed by atoms with Crippen molar-refractivity contribution in [3.63, 3.8) is 0 Å². The topological polar surface area (TPSA) is 88.2 Å². The zero-order chi connectivity index (χ0) is 21.7. The molecule has 0 aliphatic carbocycles. The largest absolute Gasteiger partial charge is 0.454 e. The molecule has 3 rings (SSSR count). The summed E-state index contributed by atoms with van der Waals surface area (Å²) in [5, 5.41) is 2.97. The van der Waals surface area contributed by atoms with Crippen LogP contribution in [0.15, 0.2) is 18.2 Å². The second-order valence-electron chi connectivity index (χ2n) is 7.60. The van der Waals surface area contributed by atoms with Gasteiger partial charge in [0.05, 0.1) is 0 Å². The quantitative estimate of drug-likeness (QED) is 0.733. The van der Waals surface area contributed by atoms with Gasteiger partial charge < -0.3 is 24.6 Å². The lowest BCUT2D eigenvalue weighted by molar-refractivity contribution is -0.135. The summed E-state index contributed by atoms with van der Waals surface area (Å²) in [4.78, 5) is 41.8. The van der Waals surface area contributed by atoms with E-state index in [0.29, 0.717) is 62.5 Å². The molecule has 164 valence electrons. The average molecular weight is 418 g/mol. The first-order valence-electron chi connectivity index (χ1n) is 10.8. The van der Waals surface area contributed by atoms with Crippen molar-refractivity contribution in [1.29, 1.82) is 0 Å². The van der Waals surface area contributed by atoms with Crippen molar-refractivity contribution in [3.05, 3.63) is 23.8 Å². The molecule has 1 aromatic carbocycles. The van der Waals surface area contributed by atoms with E-state index in [0.717, 1.165) is 0 Å². The highest BCUT2D eigenvalue weighted by Crippen LogP contribution is 2.32. The van der Waals surface area contributed by atoms with Gasteiger partial charge in [0.15, 0.2) is 11.5 Å². The van der Waals surface area contributed by atoms with Gasteiger partial charge in [0.25, 0.3) is 5.91 Å². The Kier molecular flexibility index (Phi) is 7.18. The maximum Gasteiger partial charge on any atom is 0.252 e. The van der Waals surface area contributed by atoms with Crippen LogP contribution in [0.4, 0.5) is 0 Å². The number of fused-ring (bicyclic) bond motifs is 1. The molecule has 30 heavy (non-hydrogen) atoms. The van der Waals surface area contributed by atoms with Gasteiger partial charge in [-0.05, 0) is 50.8 Å². The van der Waals surface area contributed by atoms with Crippen LogP contribution in [-0.2, 0) is 9.59 Å². The molecule has 0 saturated carbocycles. The number of ether oxygens (including phenoxy) is 2. The summed E-state index contributed by atoms with van der Waals surface area (Å²) in [5.74, 6) is 0.859. The molecule has 1 aromatic rings. The van der Waals surface area contributed by atoms with E-state index in [9.17, 15) is 14.4 Å². The predicted octanol–water partition coefficient (Wildman–Crippen LogP) is 2.03. The Bertz CT molecular complexity index is 785. The first kappa shape index (κ1) is 21.9. The minimum absolute atomic E-state index is 0.0167. The fourth-order valence-electron chi connectivity index (χ4n) is 4.08. The number of piperidine rings is 1. The first-order chi connectivity index (χ1) is 14.5. The number of benzene rings is 1. The number of carbonyl (C=O) groups excluding carboxylic acids is 3. The first-order valence-corrected chi connectivity index (χ1v) is 10.8. The fraction of sp³-hybridized carbons (Fsp3) is 0.591. The van der Waals surface area contributed by atoms with E-state index in [4.69, 9.17) is 9.47 Å². The van der Waals surface area contributed by atoms with Crippen molar-refractivity contribution in [2.75, 3.05) is 33.0 Å². The Balaban J connectivity index is 1.75. The lowest BCUT2D eigenvalue weighted by atomic mass is 9.88. The summed E-state index contributed by atoms with van der Waals surface area (Å²) in [5.41, 5.74) is 0.426. The third kappa shape index (κ3) is 4.68. The number of hydrogen-bond donors (Lipinski definition) is 1. The van der Waals surface area contributed by atoms with Gasteiger partial charge in [-0.25, -0.2) is 0 Å². The van der Waals surface area contributed by atoms with Crippen LogP contribution < -0.4 is 14.8 Å². The molecule has 2 aliphatic rings. The SMILES string of the molecule is CCC(=O)N1CCC(C(NC(=O)c2ccc3c(c2)OCO3)C(=O)N(CC)CC)CC1. The van der Waals surface area contributed by atoms with Crippen LogP contribution in [0.1, 0.15) is 50.4 Å². The van der Waals surface area contributed by atoms with E-state index in [-0.39, 0.29) is 30.4 Å². The second kappa shape index (κ2) is 9.82. The average Bonchev–Trinajstić information content (AvgIpc) is 3.25. The molecule has 3 amide bonds. The molecule has 1 unspecified atom stereocenters. The van der Waals surface area contributed by atoms with Crippen molar-refractivity contribution in [2.45, 2.75) is 46.1 Å². The molecule has 1 atom stereocenters. The van der Waals surface area contributed by atoms with Crippen LogP contribution in [0.3, 0.4) is 0 Å². The zero-order valence-corrected chi connectivity index (χ0v) is 18.0. The van der Waals surface area contributed by atoms with Crippen molar-refractivity contribution in [1.82, 2.24) is 15.1 Å². The van der Waals surface area contributed by atoms with Gasteiger partial charge in [-0.1, -0.05) is 6.92 Å². The smallest absolute Gasteiger partial charge is 0.252 e. The summed E-state index contributed by atoms with van der Waals surface area (Å²) in [6, 6.07) is 4.39. The Morgan fingerprint density at radius 2 is 1.77 bits per heavy atom. The van der Waals surface area contributed by atoms with Crippen LogP contribution in [-0.4, -0.2) is 66.5 Å². The molecule has 0 bridgehead atoms. The maximum atomic E-state index is 13.2. The zero-order valence-electron chi connectivity index (χ0n) is 18.0. The van der Waals surface area contributed by atoms with E-state index in [1.807, 2.05) is 25.7 Å². The molecule has 0 spiro atoms. The van der Waals surface area contributed by atoms with E-state index in [1.165, 1.54) is 0 Å². The molecule has 1 fully saturated rings. The summed E-state index contributed by atoms with van der Waals surface area (Å²) in [6.45, 7) is 8.24. The molecule has 1 N–H and O–H groups in total. The fourth-order valence-corrected chi connectivity index (χ4v) is 4.08. The maximum absolute atomic E-state index is 13.2. The molecular formula is C22H31N3O5. The Hall–Kier alpha value is -2.77. The molecule has 2 aliphatic heterocycles. The minimum Gasteiger partial charge on any atom is -0.454 e. The molecule has 0 radical (unpaired) electrons. The predicted molar refractivity (Wildman–Crippen MR) is 111 cm³/mol. The molecule has 8 nitrogen and oxygen atoms in total. The normalized spacial score (nSPS) is 16.8. The summed E-state index contributed by atoms with van der Waals surface area (Å²) < 4.78 is 10.7. The second-order valence-corrected chi connectivity index (χ2v) is 7.60. The van der Waals surface area contributed by atoms with Crippen molar-refractivity contribution in [2.24, 2.45) is 5.92 Å². The Labute approximate surface area is 177 Å². The van der Waals surface area contributed by atoms with Crippen molar-refractivity contribution >= 4 is 17.7 Å². The van der Waals surface area contributed by atoms with Gasteiger partial charge in [0.2, 0.25) is 18.6 Å². The van der Waals surface area contributed by atoms with Gasteiger partial charge in [0, 0.05) is 38.2 Å². The van der Waals surface area contributed by atoms with Crippen LogP contribution in [0, 0.1) is 5.92 Å². The van der Waals surface area contributed by atoms with E-state index in [1.54, 1.807) is 23.1 Å². The number of amides is 3. The molecule has 1 saturated heterocycles. The van der Waals surface area contributed by atoms with Gasteiger partial charge in [0.1, 0.15) is 6.04 Å². The molecule has 0 aromatic heterocycles. The third-order valence-electron chi connectivity index (χ3n) is 5.93. The number of likely N-dealkylation sites (N-methyl/N-ethyl adjacent to an activating group) is 1. The third-order valence-corrected chi connectivity index (χ3v) is 5.93. The number of likely N-dealkylation sites (tertiary alicyclic amines) is 1. The van der Waals surface area contributed by atoms with Crippen LogP contribution >= 0.6 is 0 Å². The lowest BCUT2D eigenvalue weighted by Crippen LogP contribution is -2.54. The summed E-state index contributed by atoms with van der Waals surface area (Å²) >= 11 is 0. The van der Waals surface area contributed by atoms with Gasteiger partial charge >= 0.3 is 0 Å². The van der Waals surface area contributed by atoms with Crippen LogP contribution in [0.2, 0.25) is 0 Å². The highest BCUT2D eigenvalue weighted by molar-refractivity contribution is 5.98. The van der Waals surface area contributed by atoms with E-state index >= 15 is 0 Å². The highest BCUT2D eigenvalue weighted by Gasteiger charge is 2.35. The highest BCUT2D eigenvalue weighted by atomic mass is 16.7. The van der Waals surface area contributed by atoms with Crippen molar-refractivity contribution in [3.8, 4) is 11.5 Å². The number of nitrogens with one attached hydrogen (secondary N) is 1. The number of carbonyl (C=O) groups is 3. The van der Waals surface area contributed by atoms with Gasteiger partial charge in [-0.3, -0.25) is 14.4 Å². The minimum atomic E-state index is -0.623. The van der Waals surface area contributed by atoms with Crippen LogP contribution in [0.25, 0.3) is 0 Å². The van der Waals surface area contributed by atoms with Gasteiger partial charge in [-0.15, -0.1) is 0 Å². The van der Waals surface area contributed by atoms with E-state index < -0.39 is 6.04 Å².